The molecule has 1 heterocycles. The first-order valence-electron chi connectivity index (χ1n) is 7.17. The molecule has 0 aliphatic carbocycles. The minimum absolute atomic E-state index is 0.0365. The van der Waals surface area contributed by atoms with Crippen molar-refractivity contribution in [1.29, 1.82) is 0 Å². The Bertz CT molecular complexity index is 745. The van der Waals surface area contributed by atoms with Gasteiger partial charge in [-0.3, -0.25) is 4.79 Å². The number of carbonyl (C=O) groups is 2. The number of methoxy groups -OCH3 is 1. The SMILES string of the molecule is COc1ccccc1NC(=O)CC1Nc2ccccc2OC1=O. The second-order valence-corrected chi connectivity index (χ2v) is 5.07. The fourth-order valence-corrected chi connectivity index (χ4v) is 2.37. The van der Waals surface area contributed by atoms with Crippen molar-refractivity contribution in [2.75, 3.05) is 17.7 Å². The van der Waals surface area contributed by atoms with Crippen molar-refractivity contribution in [3.8, 4) is 11.5 Å². The van der Waals surface area contributed by atoms with Crippen molar-refractivity contribution in [2.45, 2.75) is 12.5 Å². The van der Waals surface area contributed by atoms with Gasteiger partial charge in [-0.25, -0.2) is 4.79 Å². The highest BCUT2D eigenvalue weighted by Gasteiger charge is 2.29. The third-order valence-electron chi connectivity index (χ3n) is 3.48. The lowest BCUT2D eigenvalue weighted by Crippen LogP contribution is -2.39. The summed E-state index contributed by atoms with van der Waals surface area (Å²) in [4.78, 5) is 24.2. The Hall–Kier alpha value is -3.02. The number of amides is 1. The summed E-state index contributed by atoms with van der Waals surface area (Å²) < 4.78 is 10.4. The zero-order chi connectivity index (χ0) is 16.2. The molecule has 3 rings (SSSR count). The first-order valence-corrected chi connectivity index (χ1v) is 7.17. The molecule has 118 valence electrons. The number of fused-ring (bicyclic) bond motifs is 1. The Morgan fingerprint density at radius 2 is 1.96 bits per heavy atom. The molecule has 0 saturated carbocycles. The molecule has 0 fully saturated rings. The second-order valence-electron chi connectivity index (χ2n) is 5.07. The predicted molar refractivity (Wildman–Crippen MR) is 85.7 cm³/mol. The molecule has 6 nitrogen and oxygen atoms in total. The maximum atomic E-state index is 12.2. The van der Waals surface area contributed by atoms with E-state index < -0.39 is 12.0 Å². The molecule has 1 unspecified atom stereocenters. The van der Waals surface area contributed by atoms with E-state index in [0.717, 1.165) is 0 Å². The van der Waals surface area contributed by atoms with Crippen LogP contribution in [-0.2, 0) is 9.59 Å². The van der Waals surface area contributed by atoms with Gasteiger partial charge in [-0.1, -0.05) is 24.3 Å². The summed E-state index contributed by atoms with van der Waals surface area (Å²) >= 11 is 0. The van der Waals surface area contributed by atoms with Crippen LogP contribution in [0, 0.1) is 0 Å². The number of rotatable bonds is 4. The van der Waals surface area contributed by atoms with E-state index in [2.05, 4.69) is 10.6 Å². The summed E-state index contributed by atoms with van der Waals surface area (Å²) in [6, 6.07) is 13.5. The monoisotopic (exact) mass is 312 g/mol. The van der Waals surface area contributed by atoms with E-state index in [1.807, 2.05) is 12.1 Å². The van der Waals surface area contributed by atoms with Gasteiger partial charge in [-0.05, 0) is 24.3 Å². The molecular formula is C17H16N2O4. The normalized spacial score (nSPS) is 15.9. The maximum Gasteiger partial charge on any atom is 0.334 e. The third kappa shape index (κ3) is 3.26. The molecule has 0 spiro atoms. The first-order chi connectivity index (χ1) is 11.2. The van der Waals surface area contributed by atoms with Gasteiger partial charge in [0.05, 0.1) is 24.9 Å². The van der Waals surface area contributed by atoms with E-state index in [9.17, 15) is 9.59 Å². The summed E-state index contributed by atoms with van der Waals surface area (Å²) in [5.74, 6) is 0.256. The molecule has 2 aromatic rings. The molecule has 1 aliphatic rings. The van der Waals surface area contributed by atoms with Gasteiger partial charge in [0.25, 0.3) is 0 Å². The van der Waals surface area contributed by atoms with Crippen LogP contribution in [0.4, 0.5) is 11.4 Å². The van der Waals surface area contributed by atoms with Crippen LogP contribution in [0.25, 0.3) is 0 Å². The number of ether oxygens (including phenoxy) is 2. The average Bonchev–Trinajstić information content (AvgIpc) is 2.56. The molecule has 1 aliphatic heterocycles. The summed E-state index contributed by atoms with van der Waals surface area (Å²) in [6.45, 7) is 0. The predicted octanol–water partition coefficient (Wildman–Crippen LogP) is 2.42. The molecule has 0 radical (unpaired) electrons. The highest BCUT2D eigenvalue weighted by atomic mass is 16.5. The zero-order valence-electron chi connectivity index (χ0n) is 12.5. The van der Waals surface area contributed by atoms with Crippen LogP contribution < -0.4 is 20.1 Å². The Morgan fingerprint density at radius 1 is 1.22 bits per heavy atom. The standard InChI is InChI=1S/C17H16N2O4/c1-22-14-8-4-2-6-11(14)19-16(20)10-13-17(21)23-15-9-5-3-7-12(15)18-13/h2-9,13,18H,10H2,1H3,(H,19,20). The number of esters is 1. The Morgan fingerprint density at radius 3 is 2.78 bits per heavy atom. The molecular weight excluding hydrogens is 296 g/mol. The van der Waals surface area contributed by atoms with Crippen molar-refractivity contribution in [3.63, 3.8) is 0 Å². The van der Waals surface area contributed by atoms with E-state index in [1.165, 1.54) is 7.11 Å². The summed E-state index contributed by atoms with van der Waals surface area (Å²) in [7, 11) is 1.53. The molecule has 0 saturated heterocycles. The summed E-state index contributed by atoms with van der Waals surface area (Å²) in [5, 5.41) is 5.77. The number of para-hydroxylation sites is 4. The Kier molecular flexibility index (Phi) is 4.14. The number of hydrogen-bond donors (Lipinski definition) is 2. The van der Waals surface area contributed by atoms with Gasteiger partial charge in [-0.15, -0.1) is 0 Å². The Balaban J connectivity index is 1.68. The lowest BCUT2D eigenvalue weighted by Gasteiger charge is -2.25. The minimum Gasteiger partial charge on any atom is -0.495 e. The zero-order valence-corrected chi connectivity index (χ0v) is 12.5. The van der Waals surface area contributed by atoms with Gasteiger partial charge >= 0.3 is 5.97 Å². The van der Waals surface area contributed by atoms with Crippen LogP contribution in [0.1, 0.15) is 6.42 Å². The van der Waals surface area contributed by atoms with Gasteiger partial charge in [0.1, 0.15) is 11.8 Å². The molecule has 23 heavy (non-hydrogen) atoms. The summed E-state index contributed by atoms with van der Waals surface area (Å²) in [5.41, 5.74) is 1.26. The molecule has 6 heteroatoms. The average molecular weight is 312 g/mol. The van der Waals surface area contributed by atoms with Crippen LogP contribution >= 0.6 is 0 Å². The topological polar surface area (TPSA) is 76.7 Å². The highest BCUT2D eigenvalue weighted by Crippen LogP contribution is 2.30. The largest absolute Gasteiger partial charge is 0.495 e. The van der Waals surface area contributed by atoms with Gasteiger partial charge in [0, 0.05) is 0 Å². The van der Waals surface area contributed by atoms with Gasteiger partial charge < -0.3 is 20.1 Å². The van der Waals surface area contributed by atoms with Gasteiger partial charge in [0.15, 0.2) is 5.75 Å². The first kappa shape index (κ1) is 14.9. The fraction of sp³-hybridized carbons (Fsp3) is 0.176. The quantitative estimate of drug-likeness (QED) is 0.670. The summed E-state index contributed by atoms with van der Waals surface area (Å²) in [6.07, 6.45) is -0.0365. The number of benzene rings is 2. The lowest BCUT2D eigenvalue weighted by molar-refractivity contribution is -0.137. The minimum atomic E-state index is -0.723. The van der Waals surface area contributed by atoms with E-state index in [4.69, 9.17) is 9.47 Å². The van der Waals surface area contributed by atoms with Gasteiger partial charge in [-0.2, -0.15) is 0 Å². The van der Waals surface area contributed by atoms with Crippen LogP contribution in [-0.4, -0.2) is 25.0 Å². The van der Waals surface area contributed by atoms with Crippen LogP contribution in [0.2, 0.25) is 0 Å². The van der Waals surface area contributed by atoms with Crippen molar-refractivity contribution < 1.29 is 19.1 Å². The third-order valence-corrected chi connectivity index (χ3v) is 3.48. The smallest absolute Gasteiger partial charge is 0.334 e. The number of hydrogen-bond acceptors (Lipinski definition) is 5. The van der Waals surface area contributed by atoms with E-state index in [-0.39, 0.29) is 12.3 Å². The van der Waals surface area contributed by atoms with Crippen LogP contribution in [0.15, 0.2) is 48.5 Å². The molecule has 0 bridgehead atoms. The molecule has 2 aromatic carbocycles. The van der Waals surface area contributed by atoms with Crippen molar-refractivity contribution >= 4 is 23.3 Å². The highest BCUT2D eigenvalue weighted by molar-refractivity contribution is 5.97. The van der Waals surface area contributed by atoms with Crippen LogP contribution in [0.3, 0.4) is 0 Å². The van der Waals surface area contributed by atoms with E-state index in [1.54, 1.807) is 36.4 Å². The van der Waals surface area contributed by atoms with Crippen molar-refractivity contribution in [1.82, 2.24) is 0 Å². The van der Waals surface area contributed by atoms with E-state index >= 15 is 0 Å². The van der Waals surface area contributed by atoms with Crippen molar-refractivity contribution in [3.05, 3.63) is 48.5 Å². The number of nitrogens with one attached hydrogen (secondary N) is 2. The van der Waals surface area contributed by atoms with Gasteiger partial charge in [0.2, 0.25) is 5.91 Å². The molecule has 0 aromatic heterocycles. The molecule has 2 N–H and O–H groups in total. The fourth-order valence-electron chi connectivity index (χ4n) is 2.37. The molecule has 1 amide bonds. The maximum absolute atomic E-state index is 12.2. The number of carbonyl (C=O) groups excluding carboxylic acids is 2. The van der Waals surface area contributed by atoms with E-state index in [0.29, 0.717) is 22.9 Å². The second kappa shape index (κ2) is 6.39. The lowest BCUT2D eigenvalue weighted by atomic mass is 10.1. The van der Waals surface area contributed by atoms with Crippen LogP contribution in [0.5, 0.6) is 11.5 Å². The Labute approximate surface area is 133 Å². The van der Waals surface area contributed by atoms with Crippen molar-refractivity contribution in [2.24, 2.45) is 0 Å². The number of anilines is 2. The molecule has 1 atom stereocenters.